The van der Waals surface area contributed by atoms with E-state index in [-0.39, 0.29) is 17.5 Å². The first-order chi connectivity index (χ1) is 9.92. The topological polar surface area (TPSA) is 49.4 Å². The molecule has 21 heavy (non-hydrogen) atoms. The minimum atomic E-state index is -3.39. The molecule has 1 aliphatic rings. The van der Waals surface area contributed by atoms with Crippen LogP contribution < -0.4 is 5.32 Å². The second kappa shape index (κ2) is 6.85. The number of sulfonamides is 1. The second-order valence-corrected chi connectivity index (χ2v) is 7.76. The number of nitrogens with zero attached hydrogens (tertiary/aromatic N) is 1. The summed E-state index contributed by atoms with van der Waals surface area (Å²) < 4.78 is 40.1. The van der Waals surface area contributed by atoms with Gasteiger partial charge in [0.05, 0.1) is 5.75 Å². The average Bonchev–Trinajstić information content (AvgIpc) is 2.47. The van der Waals surface area contributed by atoms with Gasteiger partial charge in [0.2, 0.25) is 10.0 Å². The van der Waals surface area contributed by atoms with E-state index in [1.807, 2.05) is 0 Å². The Hall–Kier alpha value is -0.980. The fraction of sp³-hybridized carbons (Fsp3) is 0.600. The summed E-state index contributed by atoms with van der Waals surface area (Å²) in [5.41, 5.74) is 0.411. The molecular formula is C15H23FN2O2S. The molecule has 0 aromatic heterocycles. The van der Waals surface area contributed by atoms with Gasteiger partial charge in [-0.1, -0.05) is 18.2 Å². The summed E-state index contributed by atoms with van der Waals surface area (Å²) in [6.45, 7) is 3.46. The number of piperidine rings is 1. The van der Waals surface area contributed by atoms with Crippen molar-refractivity contribution >= 4 is 10.0 Å². The maximum absolute atomic E-state index is 13.8. The molecule has 1 heterocycles. The van der Waals surface area contributed by atoms with Gasteiger partial charge < -0.3 is 5.32 Å². The lowest BCUT2D eigenvalue weighted by atomic mass is 10.0. The molecule has 6 heteroatoms. The Balaban J connectivity index is 2.10. The SMILES string of the molecule is CC(c1ccccc1F)N(C)S(=O)(=O)CC1CCNCC1. The highest BCUT2D eigenvalue weighted by Gasteiger charge is 2.29. The van der Waals surface area contributed by atoms with Gasteiger partial charge in [-0.3, -0.25) is 0 Å². The van der Waals surface area contributed by atoms with E-state index >= 15 is 0 Å². The molecule has 1 saturated heterocycles. The summed E-state index contributed by atoms with van der Waals surface area (Å²) in [6, 6.07) is 5.82. The first-order valence-corrected chi connectivity index (χ1v) is 8.93. The van der Waals surface area contributed by atoms with Crippen LogP contribution in [-0.4, -0.2) is 38.6 Å². The van der Waals surface area contributed by atoms with E-state index in [4.69, 9.17) is 0 Å². The lowest BCUT2D eigenvalue weighted by molar-refractivity contribution is 0.364. The molecule has 0 radical (unpaired) electrons. The molecule has 0 amide bonds. The largest absolute Gasteiger partial charge is 0.317 e. The van der Waals surface area contributed by atoms with Crippen LogP contribution in [0.4, 0.5) is 4.39 Å². The minimum absolute atomic E-state index is 0.143. The quantitative estimate of drug-likeness (QED) is 0.906. The van der Waals surface area contributed by atoms with Crippen molar-refractivity contribution in [1.82, 2.24) is 9.62 Å². The smallest absolute Gasteiger partial charge is 0.214 e. The van der Waals surface area contributed by atoms with E-state index in [1.165, 1.54) is 17.4 Å². The van der Waals surface area contributed by atoms with Crippen LogP contribution in [-0.2, 0) is 10.0 Å². The van der Waals surface area contributed by atoms with Gasteiger partial charge in [-0.05, 0) is 44.8 Å². The van der Waals surface area contributed by atoms with Crippen molar-refractivity contribution in [2.24, 2.45) is 5.92 Å². The highest BCUT2D eigenvalue weighted by Crippen LogP contribution is 2.26. The Bertz CT molecular complexity index is 571. The van der Waals surface area contributed by atoms with Gasteiger partial charge in [-0.2, -0.15) is 4.31 Å². The molecule has 1 atom stereocenters. The van der Waals surface area contributed by atoms with Crippen LogP contribution in [0, 0.1) is 11.7 Å². The third kappa shape index (κ3) is 4.02. The Morgan fingerprint density at radius 3 is 2.57 bits per heavy atom. The van der Waals surface area contributed by atoms with Gasteiger partial charge in [0.15, 0.2) is 0 Å². The number of hydrogen-bond donors (Lipinski definition) is 1. The van der Waals surface area contributed by atoms with Crippen molar-refractivity contribution in [3.05, 3.63) is 35.6 Å². The molecule has 1 aromatic rings. The summed E-state index contributed by atoms with van der Waals surface area (Å²) in [6.07, 6.45) is 1.75. The third-order valence-electron chi connectivity index (χ3n) is 4.24. The van der Waals surface area contributed by atoms with Crippen LogP contribution in [0.25, 0.3) is 0 Å². The molecule has 1 fully saturated rings. The maximum atomic E-state index is 13.8. The minimum Gasteiger partial charge on any atom is -0.317 e. The normalized spacial score (nSPS) is 18.9. The van der Waals surface area contributed by atoms with E-state index in [9.17, 15) is 12.8 Å². The van der Waals surface area contributed by atoms with E-state index in [0.717, 1.165) is 25.9 Å². The van der Waals surface area contributed by atoms with Crippen LogP contribution >= 0.6 is 0 Å². The molecule has 118 valence electrons. The number of rotatable bonds is 5. The van der Waals surface area contributed by atoms with E-state index in [2.05, 4.69) is 5.32 Å². The highest BCUT2D eigenvalue weighted by molar-refractivity contribution is 7.89. The summed E-state index contributed by atoms with van der Waals surface area (Å²) in [4.78, 5) is 0. The van der Waals surface area contributed by atoms with Gasteiger partial charge in [0, 0.05) is 18.7 Å². The number of hydrogen-bond acceptors (Lipinski definition) is 3. The summed E-state index contributed by atoms with van der Waals surface area (Å²) in [5, 5.41) is 3.23. The van der Waals surface area contributed by atoms with Crippen molar-refractivity contribution in [2.75, 3.05) is 25.9 Å². The monoisotopic (exact) mass is 314 g/mol. The molecule has 1 aliphatic heterocycles. The maximum Gasteiger partial charge on any atom is 0.214 e. The highest BCUT2D eigenvalue weighted by atomic mass is 32.2. The van der Waals surface area contributed by atoms with E-state index in [0.29, 0.717) is 5.56 Å². The standard InChI is InChI=1S/C15H23FN2O2S/c1-12(14-5-3-4-6-15(14)16)18(2)21(19,20)11-13-7-9-17-10-8-13/h3-6,12-13,17H,7-11H2,1-2H3. The van der Waals surface area contributed by atoms with E-state index in [1.54, 1.807) is 25.1 Å². The average molecular weight is 314 g/mol. The first-order valence-electron chi connectivity index (χ1n) is 7.32. The lowest BCUT2D eigenvalue weighted by Gasteiger charge is -2.28. The number of benzene rings is 1. The summed E-state index contributed by atoms with van der Waals surface area (Å²) >= 11 is 0. The van der Waals surface area contributed by atoms with Gasteiger partial charge in [-0.15, -0.1) is 0 Å². The molecule has 1 N–H and O–H groups in total. The van der Waals surface area contributed by atoms with Crippen LogP contribution in [0.1, 0.15) is 31.4 Å². The molecular weight excluding hydrogens is 291 g/mol. The van der Waals surface area contributed by atoms with Gasteiger partial charge >= 0.3 is 0 Å². The van der Waals surface area contributed by atoms with Crippen molar-refractivity contribution < 1.29 is 12.8 Å². The summed E-state index contributed by atoms with van der Waals surface area (Å²) in [5.74, 6) is -0.0373. The van der Waals surface area contributed by atoms with E-state index < -0.39 is 16.1 Å². The Morgan fingerprint density at radius 1 is 1.33 bits per heavy atom. The van der Waals surface area contributed by atoms with Crippen molar-refractivity contribution in [3.8, 4) is 0 Å². The fourth-order valence-electron chi connectivity index (χ4n) is 2.71. The first kappa shape index (κ1) is 16.4. The van der Waals surface area contributed by atoms with Gasteiger partial charge in [-0.25, -0.2) is 12.8 Å². The van der Waals surface area contributed by atoms with Gasteiger partial charge in [0.1, 0.15) is 5.82 Å². The summed E-state index contributed by atoms with van der Waals surface area (Å²) in [7, 11) is -1.85. The molecule has 1 aromatic carbocycles. The van der Waals surface area contributed by atoms with Crippen LogP contribution in [0.3, 0.4) is 0 Å². The number of nitrogens with one attached hydrogen (secondary N) is 1. The molecule has 0 aliphatic carbocycles. The lowest BCUT2D eigenvalue weighted by Crippen LogP contribution is -2.37. The van der Waals surface area contributed by atoms with Crippen molar-refractivity contribution in [2.45, 2.75) is 25.8 Å². The second-order valence-electron chi connectivity index (χ2n) is 5.69. The molecule has 0 saturated carbocycles. The molecule has 4 nitrogen and oxygen atoms in total. The third-order valence-corrected chi connectivity index (χ3v) is 6.33. The fourth-order valence-corrected chi connectivity index (χ4v) is 4.47. The molecule has 0 bridgehead atoms. The Morgan fingerprint density at radius 2 is 1.95 bits per heavy atom. The number of halogens is 1. The Labute approximate surface area is 126 Å². The zero-order valence-electron chi connectivity index (χ0n) is 12.5. The molecule has 1 unspecified atom stereocenters. The zero-order chi connectivity index (χ0) is 15.5. The van der Waals surface area contributed by atoms with Crippen molar-refractivity contribution in [3.63, 3.8) is 0 Å². The van der Waals surface area contributed by atoms with Crippen molar-refractivity contribution in [1.29, 1.82) is 0 Å². The van der Waals surface area contributed by atoms with Gasteiger partial charge in [0.25, 0.3) is 0 Å². The predicted octanol–water partition coefficient (Wildman–Crippen LogP) is 2.15. The molecule has 2 rings (SSSR count). The van der Waals surface area contributed by atoms with Crippen LogP contribution in [0.5, 0.6) is 0 Å². The van der Waals surface area contributed by atoms with Crippen LogP contribution in [0.2, 0.25) is 0 Å². The molecule has 0 spiro atoms. The Kier molecular flexibility index (Phi) is 5.35. The zero-order valence-corrected chi connectivity index (χ0v) is 13.4. The van der Waals surface area contributed by atoms with Crippen LogP contribution in [0.15, 0.2) is 24.3 Å². The predicted molar refractivity (Wildman–Crippen MR) is 82.0 cm³/mol.